The molecule has 140 valence electrons. The quantitative estimate of drug-likeness (QED) is 0.156. The third-order valence-electron chi connectivity index (χ3n) is 3.53. The summed E-state index contributed by atoms with van der Waals surface area (Å²) in [6, 6.07) is 0. The Morgan fingerprint density at radius 2 is 1.07 bits per heavy atom. The van der Waals surface area contributed by atoms with Crippen LogP contribution in [0.1, 0.15) is 59.8 Å². The second-order valence-electron chi connectivity index (χ2n) is 6.26. The molecule has 0 spiro atoms. The summed E-state index contributed by atoms with van der Waals surface area (Å²) >= 11 is 0. The molecule has 0 aliphatic rings. The zero-order chi connectivity index (χ0) is 19.0. The normalized spacial score (nSPS) is 12.2. The van der Waals surface area contributed by atoms with Crippen molar-refractivity contribution < 1.29 is 234 Å². The van der Waals surface area contributed by atoms with Crippen molar-refractivity contribution in [3.05, 3.63) is 34.9 Å². The summed E-state index contributed by atoms with van der Waals surface area (Å²) in [5, 5.41) is -2.40. The van der Waals surface area contributed by atoms with E-state index in [1.807, 2.05) is 20.8 Å². The van der Waals surface area contributed by atoms with Crippen LogP contribution in [0.2, 0.25) is 0 Å². The first-order valence-corrected chi connectivity index (χ1v) is 11.0. The van der Waals surface area contributed by atoms with E-state index in [1.165, 1.54) is 17.2 Å². The molecule has 0 heterocycles. The van der Waals surface area contributed by atoms with Crippen LogP contribution in [0, 0.1) is 0 Å². The van der Waals surface area contributed by atoms with Gasteiger partial charge in [-0.3, -0.25) is 0 Å². The van der Waals surface area contributed by atoms with Gasteiger partial charge in [-0.15, -0.1) is 0 Å². The first-order valence-electron chi connectivity index (χ1n) is 7.82. The third-order valence-corrected chi connectivity index (χ3v) is 7.11. The van der Waals surface area contributed by atoms with E-state index in [0.717, 1.165) is 24.8 Å². The van der Waals surface area contributed by atoms with Crippen LogP contribution < -0.4 is 225 Å². The van der Waals surface area contributed by atoms with Crippen molar-refractivity contribution in [3.63, 3.8) is 0 Å². The average Bonchev–Trinajstić information content (AvgIpc) is 2.34. The molecule has 0 fully saturated rings. The number of hydrogen-bond donors (Lipinski definition) is 0. The van der Waals surface area contributed by atoms with E-state index >= 15 is 0 Å². The van der Waals surface area contributed by atoms with Gasteiger partial charge in [-0.25, -0.2) is 0 Å². The maximum absolute atomic E-state index is 10.9. The van der Waals surface area contributed by atoms with Crippen molar-refractivity contribution in [2.45, 2.75) is 65.2 Å². The van der Waals surface area contributed by atoms with Crippen molar-refractivity contribution >= 4 is 15.2 Å². The zero-order valence-electron chi connectivity index (χ0n) is 18.7. The molecule has 0 unspecified atom stereocenters. The minimum atomic E-state index is -5.47. The Bertz CT molecular complexity index is 570. The molecule has 0 saturated heterocycles. The fraction of sp³-hybridized carbons (Fsp3) is 0.625. The van der Waals surface area contributed by atoms with Gasteiger partial charge in [0.2, 0.25) is 0 Å². The van der Waals surface area contributed by atoms with Crippen molar-refractivity contribution in [3.8, 4) is 0 Å². The van der Waals surface area contributed by atoms with E-state index in [4.69, 9.17) is 0 Å². The predicted molar refractivity (Wildman–Crippen MR) is 89.0 cm³/mol. The van der Waals surface area contributed by atoms with Crippen LogP contribution in [0.3, 0.4) is 0 Å². The van der Waals surface area contributed by atoms with Gasteiger partial charge >= 0.3 is 206 Å². The fourth-order valence-electron chi connectivity index (χ4n) is 2.08. The number of allylic oxidation sites excluding steroid dienone is 6. The standard InChI is InChI=1S/C16H30O6P2.4K/c1-13(2)7-5-8-14(3)9-6-10-15(4)11-12-16(23(17,18)19)24(20,21)22;;;;/h7,9,11,16H,5-6,8,10,12H2,1-4H3,(H2,17,18,19)(H2,20,21,22);;;;/q;4*+1/p-4/b14-9+,15-11+;;;;. The number of hydrogen-bond acceptors (Lipinski definition) is 6. The van der Waals surface area contributed by atoms with E-state index < -0.39 is 27.0 Å². The molecule has 0 saturated carbocycles. The fourth-order valence-corrected chi connectivity index (χ4v) is 4.19. The summed E-state index contributed by atoms with van der Waals surface area (Å²) in [7, 11) is -10.9. The van der Waals surface area contributed by atoms with Crippen molar-refractivity contribution in [2.75, 3.05) is 0 Å². The molecule has 0 aliphatic carbocycles. The van der Waals surface area contributed by atoms with Gasteiger partial charge in [-0.2, -0.15) is 0 Å². The molecule has 0 aromatic heterocycles. The van der Waals surface area contributed by atoms with Gasteiger partial charge in [-0.1, -0.05) is 50.1 Å². The van der Waals surface area contributed by atoms with Crippen molar-refractivity contribution in [1.29, 1.82) is 0 Å². The SMILES string of the molecule is CC(C)=CCC/C(C)=C/CC/C(C)=C/CC(P(=O)([O-])[O-])P(=O)([O-])[O-].[K+].[K+].[K+].[K+]. The molecule has 0 aliphatic heterocycles. The van der Waals surface area contributed by atoms with Crippen molar-refractivity contribution in [2.24, 2.45) is 0 Å². The maximum Gasteiger partial charge on any atom is 1.00 e. The molecule has 28 heavy (non-hydrogen) atoms. The monoisotopic (exact) mass is 532 g/mol. The van der Waals surface area contributed by atoms with Crippen LogP contribution in [0.25, 0.3) is 0 Å². The molecule has 6 nitrogen and oxygen atoms in total. The molecule has 0 atom stereocenters. The van der Waals surface area contributed by atoms with Crippen LogP contribution in [0.5, 0.6) is 0 Å². The van der Waals surface area contributed by atoms with Gasteiger partial charge in [0.05, 0.1) is 0 Å². The minimum Gasteiger partial charge on any atom is -0.810 e. The summed E-state index contributed by atoms with van der Waals surface area (Å²) in [5.41, 5.74) is 3.26. The molecular weight excluding hydrogens is 507 g/mol. The zero-order valence-corrected chi connectivity index (χ0v) is 33.0. The van der Waals surface area contributed by atoms with Gasteiger partial charge in [0, 0.05) is 5.40 Å². The van der Waals surface area contributed by atoms with E-state index in [0.29, 0.717) is 6.42 Å². The van der Waals surface area contributed by atoms with Gasteiger partial charge in [0.1, 0.15) is 0 Å². The predicted octanol–water partition coefficient (Wildman–Crippen LogP) is -10.0. The van der Waals surface area contributed by atoms with Crippen molar-refractivity contribution in [1.82, 2.24) is 0 Å². The van der Waals surface area contributed by atoms with E-state index in [1.54, 1.807) is 6.92 Å². The largest absolute Gasteiger partial charge is 1.00 e. The average molecular weight is 533 g/mol. The van der Waals surface area contributed by atoms with Crippen LogP contribution >= 0.6 is 15.2 Å². The molecule has 0 amide bonds. The molecule has 0 N–H and O–H groups in total. The molecule has 0 aromatic rings. The van der Waals surface area contributed by atoms with Crippen LogP contribution in [0.15, 0.2) is 34.9 Å². The second kappa shape index (κ2) is 23.5. The van der Waals surface area contributed by atoms with Gasteiger partial charge < -0.3 is 28.7 Å². The van der Waals surface area contributed by atoms with E-state index in [2.05, 4.69) is 12.2 Å². The Morgan fingerprint density at radius 1 is 0.714 bits per heavy atom. The second-order valence-corrected chi connectivity index (χ2v) is 10.1. The Kier molecular flexibility index (Phi) is 36.9. The Balaban J connectivity index is -0.000000441. The molecule has 0 bridgehead atoms. The summed E-state index contributed by atoms with van der Waals surface area (Å²) < 4.78 is 21.8. The summed E-state index contributed by atoms with van der Waals surface area (Å²) in [4.78, 5) is 43.6. The first kappa shape index (κ1) is 44.1. The van der Waals surface area contributed by atoms with Crippen LogP contribution in [0.4, 0.5) is 0 Å². The first-order chi connectivity index (χ1) is 10.8. The smallest absolute Gasteiger partial charge is 0.810 e. The summed E-state index contributed by atoms with van der Waals surface area (Å²) in [6.07, 6.45) is 8.28. The van der Waals surface area contributed by atoms with Gasteiger partial charge in [0.15, 0.2) is 0 Å². The molecule has 0 aromatic carbocycles. The summed E-state index contributed by atoms with van der Waals surface area (Å²) in [5.74, 6) is 0. The van der Waals surface area contributed by atoms with Gasteiger partial charge in [-0.05, 0) is 59.8 Å². The molecule has 0 radical (unpaired) electrons. The Morgan fingerprint density at radius 3 is 1.43 bits per heavy atom. The Hall–Kier alpha value is 6.07. The van der Waals surface area contributed by atoms with Gasteiger partial charge in [0.25, 0.3) is 0 Å². The maximum atomic E-state index is 10.9. The van der Waals surface area contributed by atoms with E-state index in [-0.39, 0.29) is 206 Å². The number of rotatable bonds is 10. The third kappa shape index (κ3) is 25.2. The van der Waals surface area contributed by atoms with Crippen LogP contribution in [-0.4, -0.2) is 5.40 Å². The summed E-state index contributed by atoms with van der Waals surface area (Å²) in [6.45, 7) is 7.84. The van der Waals surface area contributed by atoms with E-state index in [9.17, 15) is 28.7 Å². The molecular formula is C16H26K4O6P2. The molecule has 12 heteroatoms. The Labute approximate surface area is 340 Å². The minimum absolute atomic E-state index is 0. The van der Waals surface area contributed by atoms with Crippen LogP contribution in [-0.2, 0) is 9.13 Å². The molecule has 0 rings (SSSR count). The topological polar surface area (TPSA) is 126 Å².